The third-order valence-electron chi connectivity index (χ3n) is 3.26. The van der Waals surface area contributed by atoms with Crippen LogP contribution in [0.15, 0.2) is 46.9 Å². The summed E-state index contributed by atoms with van der Waals surface area (Å²) >= 11 is 3.41. The minimum absolute atomic E-state index is 0.151. The number of rotatable bonds is 4. The van der Waals surface area contributed by atoms with E-state index in [0.717, 1.165) is 10.0 Å². The van der Waals surface area contributed by atoms with Gasteiger partial charge >= 0.3 is 0 Å². The number of nitrogens with zero attached hydrogens (tertiary/aromatic N) is 1. The molecule has 0 atom stereocenters. The molecule has 0 aliphatic rings. The Balaban J connectivity index is 2.14. The van der Waals surface area contributed by atoms with Gasteiger partial charge in [-0.25, -0.2) is 4.39 Å². The molecule has 0 aliphatic carbocycles. The van der Waals surface area contributed by atoms with Crippen molar-refractivity contribution in [2.24, 2.45) is 0 Å². The first-order valence-electron chi connectivity index (χ1n) is 6.96. The smallest absolute Gasteiger partial charge is 0.244 e. The molecule has 2 aromatic carbocycles. The summed E-state index contributed by atoms with van der Waals surface area (Å²) in [6, 6.07) is 11.0. The average molecular weight is 379 g/mol. The van der Waals surface area contributed by atoms with Crippen molar-refractivity contribution < 1.29 is 14.0 Å². The zero-order chi connectivity index (χ0) is 17.0. The lowest BCUT2D eigenvalue weighted by Gasteiger charge is -2.21. The van der Waals surface area contributed by atoms with Crippen LogP contribution in [0.4, 0.5) is 15.8 Å². The number of benzene rings is 2. The van der Waals surface area contributed by atoms with Crippen molar-refractivity contribution in [1.29, 1.82) is 0 Å². The summed E-state index contributed by atoms with van der Waals surface area (Å²) in [5.41, 5.74) is 1.99. The van der Waals surface area contributed by atoms with Crippen LogP contribution in [0.5, 0.6) is 0 Å². The molecule has 0 heterocycles. The molecule has 0 aromatic heterocycles. The van der Waals surface area contributed by atoms with Crippen molar-refractivity contribution in [3.8, 4) is 0 Å². The number of amides is 2. The zero-order valence-corrected chi connectivity index (χ0v) is 14.4. The molecule has 2 aromatic rings. The van der Waals surface area contributed by atoms with E-state index in [1.54, 1.807) is 18.2 Å². The molecular weight excluding hydrogens is 363 g/mol. The van der Waals surface area contributed by atoms with Gasteiger partial charge in [-0.3, -0.25) is 9.59 Å². The second-order valence-corrected chi connectivity index (χ2v) is 5.95. The predicted octanol–water partition coefficient (Wildman–Crippen LogP) is 3.89. The lowest BCUT2D eigenvalue weighted by Crippen LogP contribution is -2.36. The van der Waals surface area contributed by atoms with E-state index in [9.17, 15) is 14.0 Å². The van der Waals surface area contributed by atoms with E-state index in [-0.39, 0.29) is 12.5 Å². The summed E-state index contributed by atoms with van der Waals surface area (Å²) in [5, 5.41) is 2.58. The number of hydrogen-bond acceptors (Lipinski definition) is 2. The molecule has 0 spiro atoms. The Morgan fingerprint density at radius 3 is 2.57 bits per heavy atom. The van der Waals surface area contributed by atoms with Gasteiger partial charge in [-0.1, -0.05) is 28.1 Å². The first-order valence-corrected chi connectivity index (χ1v) is 7.76. The molecule has 0 saturated heterocycles. The fourth-order valence-corrected chi connectivity index (χ4v) is 2.41. The Kier molecular flexibility index (Phi) is 5.50. The summed E-state index contributed by atoms with van der Waals surface area (Å²) < 4.78 is 14.0. The van der Waals surface area contributed by atoms with Crippen LogP contribution in [0, 0.1) is 12.7 Å². The van der Waals surface area contributed by atoms with E-state index in [0.29, 0.717) is 11.4 Å². The van der Waals surface area contributed by atoms with Crippen LogP contribution < -0.4 is 10.2 Å². The van der Waals surface area contributed by atoms with Crippen molar-refractivity contribution >= 4 is 39.1 Å². The molecule has 0 radical (unpaired) electrons. The zero-order valence-electron chi connectivity index (χ0n) is 12.8. The Morgan fingerprint density at radius 2 is 1.96 bits per heavy atom. The maximum atomic E-state index is 13.1. The van der Waals surface area contributed by atoms with Crippen molar-refractivity contribution in [3.63, 3.8) is 0 Å². The summed E-state index contributed by atoms with van der Waals surface area (Å²) in [7, 11) is 0. The number of hydrogen-bond donors (Lipinski definition) is 1. The molecule has 2 rings (SSSR count). The van der Waals surface area contributed by atoms with Crippen LogP contribution >= 0.6 is 15.9 Å². The number of carbonyl (C=O) groups excluding carboxylic acids is 2. The lowest BCUT2D eigenvalue weighted by molar-refractivity contribution is -0.120. The van der Waals surface area contributed by atoms with Gasteiger partial charge in [0, 0.05) is 22.8 Å². The molecule has 23 heavy (non-hydrogen) atoms. The standard InChI is InChI=1S/C17H16BrFN2O2/c1-11-6-7-15(9-16(11)18)21(12(2)22)10-17(23)20-14-5-3-4-13(19)8-14/h3-9H,10H2,1-2H3,(H,20,23). The van der Waals surface area contributed by atoms with E-state index in [4.69, 9.17) is 0 Å². The molecule has 0 fully saturated rings. The summed E-state index contributed by atoms with van der Waals surface area (Å²) in [4.78, 5) is 25.3. The Labute approximate surface area is 142 Å². The monoisotopic (exact) mass is 378 g/mol. The van der Waals surface area contributed by atoms with Crippen LogP contribution in [0.3, 0.4) is 0 Å². The summed E-state index contributed by atoms with van der Waals surface area (Å²) in [6.07, 6.45) is 0. The molecule has 6 heteroatoms. The van der Waals surface area contributed by atoms with E-state index in [1.807, 2.05) is 13.0 Å². The van der Waals surface area contributed by atoms with Gasteiger partial charge in [0.2, 0.25) is 11.8 Å². The second kappa shape index (κ2) is 7.37. The summed E-state index contributed by atoms with van der Waals surface area (Å²) in [5.74, 6) is -1.09. The number of nitrogens with one attached hydrogen (secondary N) is 1. The largest absolute Gasteiger partial charge is 0.324 e. The molecule has 120 valence electrons. The van der Waals surface area contributed by atoms with Gasteiger partial charge in [-0.2, -0.15) is 0 Å². The lowest BCUT2D eigenvalue weighted by atomic mass is 10.2. The quantitative estimate of drug-likeness (QED) is 0.877. The highest BCUT2D eigenvalue weighted by atomic mass is 79.9. The summed E-state index contributed by atoms with van der Waals surface area (Å²) in [6.45, 7) is 3.17. The first-order chi connectivity index (χ1) is 10.9. The molecule has 0 saturated carbocycles. The van der Waals surface area contributed by atoms with E-state index >= 15 is 0 Å². The van der Waals surface area contributed by atoms with Gasteiger partial charge in [0.05, 0.1) is 0 Å². The molecular formula is C17H16BrFN2O2. The van der Waals surface area contributed by atoms with Gasteiger partial charge < -0.3 is 10.2 Å². The van der Waals surface area contributed by atoms with Crippen LogP contribution in [-0.2, 0) is 9.59 Å². The van der Waals surface area contributed by atoms with Crippen LogP contribution in [0.1, 0.15) is 12.5 Å². The van der Waals surface area contributed by atoms with Gasteiger partial charge in [-0.05, 0) is 42.8 Å². The normalized spacial score (nSPS) is 10.3. The number of anilines is 2. The Hall–Kier alpha value is -2.21. The van der Waals surface area contributed by atoms with E-state index in [1.165, 1.54) is 30.0 Å². The fraction of sp³-hybridized carbons (Fsp3) is 0.176. The molecule has 0 unspecified atom stereocenters. The number of halogens is 2. The molecule has 2 amide bonds. The molecule has 4 nitrogen and oxygen atoms in total. The Morgan fingerprint density at radius 1 is 1.22 bits per heavy atom. The maximum absolute atomic E-state index is 13.1. The third kappa shape index (κ3) is 4.63. The number of aryl methyl sites for hydroxylation is 1. The molecule has 0 aliphatic heterocycles. The first kappa shape index (κ1) is 17.1. The third-order valence-corrected chi connectivity index (χ3v) is 4.11. The SMILES string of the molecule is CC(=O)N(CC(=O)Nc1cccc(F)c1)c1ccc(C)c(Br)c1. The average Bonchev–Trinajstić information content (AvgIpc) is 2.47. The van der Waals surface area contributed by atoms with Crippen molar-refractivity contribution in [3.05, 3.63) is 58.3 Å². The predicted molar refractivity (Wildman–Crippen MR) is 91.9 cm³/mol. The van der Waals surface area contributed by atoms with Crippen molar-refractivity contribution in [2.45, 2.75) is 13.8 Å². The highest BCUT2D eigenvalue weighted by Crippen LogP contribution is 2.24. The second-order valence-electron chi connectivity index (χ2n) is 5.10. The highest BCUT2D eigenvalue weighted by molar-refractivity contribution is 9.10. The topological polar surface area (TPSA) is 49.4 Å². The molecule has 0 bridgehead atoms. The Bertz CT molecular complexity index is 749. The van der Waals surface area contributed by atoms with Crippen LogP contribution in [-0.4, -0.2) is 18.4 Å². The van der Waals surface area contributed by atoms with Gasteiger partial charge in [0.25, 0.3) is 0 Å². The maximum Gasteiger partial charge on any atom is 0.244 e. The van der Waals surface area contributed by atoms with E-state index < -0.39 is 11.7 Å². The van der Waals surface area contributed by atoms with Crippen LogP contribution in [0.25, 0.3) is 0 Å². The minimum Gasteiger partial charge on any atom is -0.324 e. The fourth-order valence-electron chi connectivity index (χ4n) is 2.04. The van der Waals surface area contributed by atoms with E-state index in [2.05, 4.69) is 21.2 Å². The van der Waals surface area contributed by atoms with Crippen molar-refractivity contribution in [1.82, 2.24) is 0 Å². The van der Waals surface area contributed by atoms with Gasteiger partial charge in [0.15, 0.2) is 0 Å². The van der Waals surface area contributed by atoms with Gasteiger partial charge in [-0.15, -0.1) is 0 Å². The van der Waals surface area contributed by atoms with Gasteiger partial charge in [0.1, 0.15) is 12.4 Å². The highest BCUT2D eigenvalue weighted by Gasteiger charge is 2.16. The molecule has 1 N–H and O–H groups in total. The number of carbonyl (C=O) groups is 2. The minimum atomic E-state index is -0.436. The van der Waals surface area contributed by atoms with Crippen LogP contribution in [0.2, 0.25) is 0 Å². The van der Waals surface area contributed by atoms with Crippen molar-refractivity contribution in [2.75, 3.05) is 16.8 Å².